The van der Waals surface area contributed by atoms with Crippen LogP contribution in [0, 0.1) is 17.3 Å². The monoisotopic (exact) mass is 508 g/mol. The number of hydrogen-bond donors (Lipinski definition) is 1. The average Bonchev–Trinajstić information content (AvgIpc) is 3.26. The van der Waals surface area contributed by atoms with E-state index in [1.807, 2.05) is 30.3 Å². The highest BCUT2D eigenvalue weighted by molar-refractivity contribution is 5.43. The lowest BCUT2D eigenvalue weighted by Crippen LogP contribution is -2.56. The van der Waals surface area contributed by atoms with E-state index in [0.717, 1.165) is 31.4 Å². The number of ether oxygens (including phenoxy) is 2. The maximum atomic E-state index is 12.4. The van der Waals surface area contributed by atoms with Crippen LogP contribution in [0.3, 0.4) is 0 Å². The van der Waals surface area contributed by atoms with Gasteiger partial charge < -0.3 is 14.6 Å². The van der Waals surface area contributed by atoms with Crippen molar-refractivity contribution in [3.8, 4) is 5.75 Å². The third-order valence-corrected chi connectivity index (χ3v) is 9.77. The van der Waals surface area contributed by atoms with Crippen molar-refractivity contribution in [2.75, 3.05) is 0 Å². The van der Waals surface area contributed by atoms with Crippen LogP contribution >= 0.6 is 0 Å². The minimum atomic E-state index is -0.821. The van der Waals surface area contributed by atoms with Crippen LogP contribution in [-0.2, 0) is 24.4 Å². The predicted molar refractivity (Wildman–Crippen MR) is 152 cm³/mol. The molecule has 2 saturated carbocycles. The van der Waals surface area contributed by atoms with Crippen LogP contribution in [-0.4, -0.2) is 16.8 Å². The van der Waals surface area contributed by atoms with Crippen molar-refractivity contribution in [1.29, 1.82) is 0 Å². The van der Waals surface area contributed by atoms with Crippen LogP contribution in [0.25, 0.3) is 0 Å². The van der Waals surface area contributed by atoms with Crippen LogP contribution in [0.5, 0.6) is 5.75 Å². The zero-order valence-corrected chi connectivity index (χ0v) is 22.5. The molecule has 198 valence electrons. The molecule has 0 bridgehead atoms. The van der Waals surface area contributed by atoms with E-state index in [9.17, 15) is 5.11 Å². The topological polar surface area (TPSA) is 38.7 Å². The number of rotatable bonds is 8. The minimum absolute atomic E-state index is 0.0378. The Hall–Kier alpha value is -2.88. The lowest BCUT2D eigenvalue weighted by molar-refractivity contribution is -0.151. The van der Waals surface area contributed by atoms with Crippen molar-refractivity contribution in [3.05, 3.63) is 114 Å². The third kappa shape index (κ3) is 4.61. The minimum Gasteiger partial charge on any atom is -0.489 e. The summed E-state index contributed by atoms with van der Waals surface area (Å²) >= 11 is 0. The summed E-state index contributed by atoms with van der Waals surface area (Å²) in [6, 6.07) is 27.3. The normalized spacial score (nSPS) is 31.6. The van der Waals surface area contributed by atoms with Gasteiger partial charge in [0.1, 0.15) is 12.4 Å². The molecule has 38 heavy (non-hydrogen) atoms. The molecule has 3 aliphatic rings. The highest BCUT2D eigenvalue weighted by Gasteiger charge is 2.62. The van der Waals surface area contributed by atoms with Gasteiger partial charge in [-0.15, -0.1) is 6.58 Å². The molecule has 0 saturated heterocycles. The molecule has 0 amide bonds. The zero-order valence-electron chi connectivity index (χ0n) is 22.5. The molecule has 6 atom stereocenters. The standard InChI is InChI=1S/C35H40O3/c1-3-20-35(36)24-34(2)31(18-19-32(34)38-23-26-12-8-5-9-13-26)30-16-14-27-21-28(15-17-29(27)33(30)35)37-22-25-10-6-4-7-11-25/h3-13,15,17,21,30-33,36H,1,14,16,18-20,22-24H2,2H3/t30-,31-,32-,33+,34-,35-/m0/s1. The predicted octanol–water partition coefficient (Wildman–Crippen LogP) is 7.62. The van der Waals surface area contributed by atoms with Crippen LogP contribution in [0.2, 0.25) is 0 Å². The molecule has 0 heterocycles. The summed E-state index contributed by atoms with van der Waals surface area (Å²) in [6.45, 7) is 7.64. The van der Waals surface area contributed by atoms with Gasteiger partial charge in [0.2, 0.25) is 0 Å². The van der Waals surface area contributed by atoms with Gasteiger partial charge in [0.25, 0.3) is 0 Å². The molecule has 3 heteroatoms. The van der Waals surface area contributed by atoms with Crippen molar-refractivity contribution >= 4 is 0 Å². The fourth-order valence-electron chi connectivity index (χ4n) is 8.21. The largest absolute Gasteiger partial charge is 0.489 e. The van der Waals surface area contributed by atoms with Crippen LogP contribution in [0.1, 0.15) is 67.2 Å². The van der Waals surface area contributed by atoms with Gasteiger partial charge in [0.05, 0.1) is 18.3 Å². The highest BCUT2D eigenvalue weighted by atomic mass is 16.5. The molecule has 0 unspecified atom stereocenters. The van der Waals surface area contributed by atoms with Crippen LogP contribution in [0.4, 0.5) is 0 Å². The Morgan fingerprint density at radius 3 is 2.34 bits per heavy atom. The molecule has 3 nitrogen and oxygen atoms in total. The lowest BCUT2D eigenvalue weighted by Gasteiger charge is -2.58. The maximum absolute atomic E-state index is 12.4. The lowest BCUT2D eigenvalue weighted by atomic mass is 9.49. The SMILES string of the molecule is C=CC[C@]1(O)C[C@]2(C)[C@@H](OCc3ccccc3)CC[C@H]2[C@@H]2CCc3cc(OCc4ccccc4)ccc3[C@H]21. The van der Waals surface area contributed by atoms with E-state index < -0.39 is 5.60 Å². The van der Waals surface area contributed by atoms with Crippen LogP contribution < -0.4 is 4.74 Å². The smallest absolute Gasteiger partial charge is 0.120 e. The third-order valence-electron chi connectivity index (χ3n) is 9.77. The van der Waals surface area contributed by atoms with E-state index in [1.165, 1.54) is 28.7 Å². The Morgan fingerprint density at radius 1 is 0.921 bits per heavy atom. The van der Waals surface area contributed by atoms with Gasteiger partial charge >= 0.3 is 0 Å². The quantitative estimate of drug-likeness (QED) is 0.318. The fourth-order valence-corrected chi connectivity index (χ4v) is 8.21. The Kier molecular flexibility index (Phi) is 6.92. The van der Waals surface area contributed by atoms with Crippen molar-refractivity contribution in [3.63, 3.8) is 0 Å². The first-order valence-corrected chi connectivity index (χ1v) is 14.3. The second kappa shape index (κ2) is 10.4. The molecule has 0 aliphatic heterocycles. The Labute approximate surface area is 227 Å². The van der Waals surface area contributed by atoms with Gasteiger partial charge in [0.15, 0.2) is 0 Å². The van der Waals surface area contributed by atoms with Gasteiger partial charge in [-0.25, -0.2) is 0 Å². The zero-order chi connectivity index (χ0) is 26.2. The molecule has 3 aliphatic carbocycles. The van der Waals surface area contributed by atoms with Gasteiger partial charge in [0, 0.05) is 5.92 Å². The molecular formula is C35H40O3. The van der Waals surface area contributed by atoms with Crippen molar-refractivity contribution in [2.24, 2.45) is 17.3 Å². The molecule has 2 fully saturated rings. The molecule has 0 radical (unpaired) electrons. The molecular weight excluding hydrogens is 468 g/mol. The van der Waals surface area contributed by atoms with E-state index >= 15 is 0 Å². The summed E-state index contributed by atoms with van der Waals surface area (Å²) < 4.78 is 12.8. The Morgan fingerprint density at radius 2 is 1.63 bits per heavy atom. The number of hydrogen-bond acceptors (Lipinski definition) is 3. The Balaban J connectivity index is 1.25. The average molecular weight is 509 g/mol. The van der Waals surface area contributed by atoms with E-state index in [0.29, 0.717) is 31.5 Å². The van der Waals surface area contributed by atoms with Crippen molar-refractivity contribution in [2.45, 2.75) is 76.3 Å². The van der Waals surface area contributed by atoms with E-state index in [4.69, 9.17) is 9.47 Å². The molecule has 3 aromatic carbocycles. The van der Waals surface area contributed by atoms with E-state index in [1.54, 1.807) is 0 Å². The summed E-state index contributed by atoms with van der Waals surface area (Å²) in [5.74, 6) is 2.04. The Bertz CT molecular complexity index is 1250. The van der Waals surface area contributed by atoms with Crippen LogP contribution in [0.15, 0.2) is 91.5 Å². The second-order valence-electron chi connectivity index (χ2n) is 12.1. The summed E-state index contributed by atoms with van der Waals surface area (Å²) in [4.78, 5) is 0. The number of aliphatic hydroxyl groups is 1. The van der Waals surface area contributed by atoms with Crippen molar-refractivity contribution < 1.29 is 14.6 Å². The number of benzene rings is 3. The van der Waals surface area contributed by atoms with Gasteiger partial charge in [-0.3, -0.25) is 0 Å². The molecule has 1 N–H and O–H groups in total. The maximum Gasteiger partial charge on any atom is 0.120 e. The van der Waals surface area contributed by atoms with Gasteiger partial charge in [-0.1, -0.05) is 79.7 Å². The summed E-state index contributed by atoms with van der Waals surface area (Å²) in [7, 11) is 0. The first kappa shape index (κ1) is 25.4. The van der Waals surface area contributed by atoms with Gasteiger partial charge in [-0.05, 0) is 90.2 Å². The molecule has 0 aromatic heterocycles. The summed E-state index contributed by atoms with van der Waals surface area (Å²) in [5.41, 5.74) is 4.17. The van der Waals surface area contributed by atoms with Gasteiger partial charge in [-0.2, -0.15) is 0 Å². The van der Waals surface area contributed by atoms with E-state index in [2.05, 4.69) is 68.1 Å². The molecule has 0 spiro atoms. The summed E-state index contributed by atoms with van der Waals surface area (Å²) in [5, 5.41) is 12.4. The molecule has 3 aromatic rings. The van der Waals surface area contributed by atoms with Crippen molar-refractivity contribution in [1.82, 2.24) is 0 Å². The fraction of sp³-hybridized carbons (Fsp3) is 0.429. The second-order valence-corrected chi connectivity index (χ2v) is 12.1. The summed E-state index contributed by atoms with van der Waals surface area (Å²) in [6.07, 6.45) is 7.82. The number of aryl methyl sites for hydroxylation is 1. The first-order chi connectivity index (χ1) is 18.5. The van der Waals surface area contributed by atoms with E-state index in [-0.39, 0.29) is 17.4 Å². The number of fused-ring (bicyclic) bond motifs is 5. The highest BCUT2D eigenvalue weighted by Crippen LogP contribution is 2.65. The first-order valence-electron chi connectivity index (χ1n) is 14.3. The molecule has 6 rings (SSSR count).